The Balaban J connectivity index is 1.77. The zero-order chi connectivity index (χ0) is 18.8. The van der Waals surface area contributed by atoms with Gasteiger partial charge in [0.2, 0.25) is 5.13 Å². The first-order chi connectivity index (χ1) is 13.1. The molecule has 0 atom stereocenters. The van der Waals surface area contributed by atoms with Gasteiger partial charge < -0.3 is 4.42 Å². The number of hydrogen-bond donors (Lipinski definition) is 0. The topological polar surface area (TPSA) is 58.7 Å². The average molecular weight is 375 g/mol. The minimum Gasteiger partial charge on any atom is -0.463 e. The van der Waals surface area contributed by atoms with Crippen molar-refractivity contribution in [3.63, 3.8) is 0 Å². The Morgan fingerprint density at radius 2 is 1.96 bits per heavy atom. The summed E-state index contributed by atoms with van der Waals surface area (Å²) in [7, 11) is 0. The second kappa shape index (κ2) is 7.17. The van der Waals surface area contributed by atoms with Crippen molar-refractivity contribution in [2.45, 2.75) is 13.8 Å². The Labute approximate surface area is 160 Å². The van der Waals surface area contributed by atoms with Gasteiger partial charge in [0, 0.05) is 5.56 Å². The van der Waals surface area contributed by atoms with E-state index in [0.717, 1.165) is 21.3 Å². The number of furan rings is 1. The van der Waals surface area contributed by atoms with Crippen molar-refractivity contribution in [3.05, 3.63) is 83.3 Å². The molecule has 0 aliphatic rings. The standard InChI is InChI=1S/C21H17N3O2S/c1-14-9-10-16(12-15(14)2)20(25)24(22-13-17-6-5-11-26-17)21-23-18-7-3-4-8-19(18)27-21/h3-13H,1-2H3/b22-13+. The Bertz CT molecular complexity index is 1100. The van der Waals surface area contributed by atoms with Crippen LogP contribution in [0.4, 0.5) is 5.13 Å². The molecule has 5 nitrogen and oxygen atoms in total. The SMILES string of the molecule is Cc1ccc(C(=O)N(/N=C/c2ccco2)c2nc3ccccc3s2)cc1C. The fourth-order valence-corrected chi connectivity index (χ4v) is 3.54. The zero-order valence-corrected chi connectivity index (χ0v) is 15.7. The third-order valence-corrected chi connectivity index (χ3v) is 5.27. The molecule has 0 saturated carbocycles. The molecule has 0 aliphatic carbocycles. The second-order valence-corrected chi connectivity index (χ2v) is 7.15. The first-order valence-electron chi connectivity index (χ1n) is 8.46. The molecule has 1 amide bonds. The Kier molecular flexibility index (Phi) is 4.56. The number of aryl methyl sites for hydroxylation is 2. The summed E-state index contributed by atoms with van der Waals surface area (Å²) in [6.45, 7) is 4.00. The molecule has 0 radical (unpaired) electrons. The van der Waals surface area contributed by atoms with Crippen molar-refractivity contribution >= 4 is 38.8 Å². The predicted octanol–water partition coefficient (Wildman–Crippen LogP) is 5.19. The molecule has 134 valence electrons. The maximum atomic E-state index is 13.2. The quantitative estimate of drug-likeness (QED) is 0.364. The van der Waals surface area contributed by atoms with Crippen molar-refractivity contribution in [1.82, 2.24) is 4.98 Å². The Morgan fingerprint density at radius 1 is 1.11 bits per heavy atom. The number of carbonyl (C=O) groups excluding carboxylic acids is 1. The smallest absolute Gasteiger partial charge is 0.280 e. The van der Waals surface area contributed by atoms with Crippen LogP contribution in [0.1, 0.15) is 27.2 Å². The molecule has 4 rings (SSSR count). The minimum atomic E-state index is -0.236. The summed E-state index contributed by atoms with van der Waals surface area (Å²) in [5.41, 5.74) is 3.59. The van der Waals surface area contributed by atoms with Gasteiger partial charge >= 0.3 is 0 Å². The van der Waals surface area contributed by atoms with E-state index < -0.39 is 0 Å². The summed E-state index contributed by atoms with van der Waals surface area (Å²) in [4.78, 5) is 17.8. The van der Waals surface area contributed by atoms with E-state index in [2.05, 4.69) is 10.1 Å². The van der Waals surface area contributed by atoms with Gasteiger partial charge in [-0.25, -0.2) is 4.98 Å². The van der Waals surface area contributed by atoms with Crippen LogP contribution in [0.25, 0.3) is 10.2 Å². The van der Waals surface area contributed by atoms with E-state index in [9.17, 15) is 4.79 Å². The minimum absolute atomic E-state index is 0.236. The number of amides is 1. The lowest BCUT2D eigenvalue weighted by Crippen LogP contribution is -2.25. The summed E-state index contributed by atoms with van der Waals surface area (Å²) in [5, 5.41) is 6.22. The molecule has 0 fully saturated rings. The van der Waals surface area contributed by atoms with E-state index >= 15 is 0 Å². The summed E-state index contributed by atoms with van der Waals surface area (Å²) < 4.78 is 6.29. The number of hydrogen-bond acceptors (Lipinski definition) is 5. The van der Waals surface area contributed by atoms with Crippen molar-refractivity contribution in [1.29, 1.82) is 0 Å². The summed E-state index contributed by atoms with van der Waals surface area (Å²) >= 11 is 1.42. The highest BCUT2D eigenvalue weighted by molar-refractivity contribution is 7.22. The van der Waals surface area contributed by atoms with E-state index in [0.29, 0.717) is 16.5 Å². The number of thiazole rings is 1. The van der Waals surface area contributed by atoms with E-state index in [4.69, 9.17) is 4.42 Å². The Morgan fingerprint density at radius 3 is 2.70 bits per heavy atom. The number of aromatic nitrogens is 1. The molecular formula is C21H17N3O2S. The highest BCUT2D eigenvalue weighted by Crippen LogP contribution is 2.30. The highest BCUT2D eigenvalue weighted by Gasteiger charge is 2.21. The molecule has 0 bridgehead atoms. The van der Waals surface area contributed by atoms with Gasteiger partial charge in [-0.1, -0.05) is 29.5 Å². The highest BCUT2D eigenvalue weighted by atomic mass is 32.1. The van der Waals surface area contributed by atoms with Crippen LogP contribution in [-0.4, -0.2) is 17.1 Å². The maximum Gasteiger partial charge on any atom is 0.280 e. The van der Waals surface area contributed by atoms with Gasteiger partial charge in [-0.15, -0.1) is 0 Å². The molecule has 2 aromatic heterocycles. The number of anilines is 1. The third kappa shape index (κ3) is 3.52. The van der Waals surface area contributed by atoms with E-state index in [1.807, 2.05) is 56.3 Å². The number of fused-ring (bicyclic) bond motifs is 1. The molecular weight excluding hydrogens is 358 g/mol. The molecule has 4 aromatic rings. The van der Waals surface area contributed by atoms with Crippen LogP contribution in [0, 0.1) is 13.8 Å². The van der Waals surface area contributed by atoms with E-state index in [-0.39, 0.29) is 5.91 Å². The molecule has 6 heteroatoms. The first-order valence-corrected chi connectivity index (χ1v) is 9.28. The number of rotatable bonds is 4. The van der Waals surface area contributed by atoms with Crippen molar-refractivity contribution in [2.24, 2.45) is 5.10 Å². The molecule has 0 aliphatic heterocycles. The van der Waals surface area contributed by atoms with Gasteiger partial charge in [0.1, 0.15) is 5.76 Å². The summed E-state index contributed by atoms with van der Waals surface area (Å²) in [6.07, 6.45) is 3.08. The van der Waals surface area contributed by atoms with Crippen LogP contribution in [-0.2, 0) is 0 Å². The number of carbonyl (C=O) groups is 1. The third-order valence-electron chi connectivity index (χ3n) is 4.25. The lowest BCUT2D eigenvalue weighted by Gasteiger charge is -2.14. The normalized spacial score (nSPS) is 11.3. The van der Waals surface area contributed by atoms with Gasteiger partial charge in [-0.2, -0.15) is 10.1 Å². The molecule has 0 unspecified atom stereocenters. The van der Waals surface area contributed by atoms with Crippen LogP contribution in [0.5, 0.6) is 0 Å². The molecule has 0 spiro atoms. The fourth-order valence-electron chi connectivity index (χ4n) is 2.62. The number of nitrogens with zero attached hydrogens (tertiary/aromatic N) is 3. The Hall–Kier alpha value is -3.25. The molecule has 0 N–H and O–H groups in total. The van der Waals surface area contributed by atoms with Gasteiger partial charge in [-0.05, 0) is 61.4 Å². The summed E-state index contributed by atoms with van der Waals surface area (Å²) in [5.74, 6) is 0.328. The van der Waals surface area contributed by atoms with Crippen LogP contribution >= 0.6 is 11.3 Å². The van der Waals surface area contributed by atoms with Crippen molar-refractivity contribution in [3.8, 4) is 0 Å². The lowest BCUT2D eigenvalue weighted by molar-refractivity contribution is 0.0987. The monoisotopic (exact) mass is 375 g/mol. The van der Waals surface area contributed by atoms with E-state index in [1.54, 1.807) is 18.4 Å². The zero-order valence-electron chi connectivity index (χ0n) is 14.9. The van der Waals surface area contributed by atoms with Gasteiger partial charge in [-0.3, -0.25) is 4.79 Å². The lowest BCUT2D eigenvalue weighted by atomic mass is 10.1. The first kappa shape index (κ1) is 17.2. The maximum absolute atomic E-state index is 13.2. The van der Waals surface area contributed by atoms with Crippen LogP contribution < -0.4 is 5.01 Å². The average Bonchev–Trinajstić information content (AvgIpc) is 3.33. The van der Waals surface area contributed by atoms with Gasteiger partial charge in [0.25, 0.3) is 5.91 Å². The van der Waals surface area contributed by atoms with Crippen LogP contribution in [0.3, 0.4) is 0 Å². The van der Waals surface area contributed by atoms with Gasteiger partial charge in [0.05, 0.1) is 22.7 Å². The van der Waals surface area contributed by atoms with Crippen molar-refractivity contribution < 1.29 is 9.21 Å². The largest absolute Gasteiger partial charge is 0.463 e. The second-order valence-electron chi connectivity index (χ2n) is 6.14. The van der Waals surface area contributed by atoms with Crippen molar-refractivity contribution in [2.75, 3.05) is 5.01 Å². The molecule has 2 aromatic carbocycles. The van der Waals surface area contributed by atoms with Crippen LogP contribution in [0.2, 0.25) is 0 Å². The van der Waals surface area contributed by atoms with Crippen LogP contribution in [0.15, 0.2) is 70.4 Å². The number of para-hydroxylation sites is 1. The number of benzene rings is 2. The predicted molar refractivity (Wildman–Crippen MR) is 109 cm³/mol. The molecule has 2 heterocycles. The molecule has 0 saturated heterocycles. The fraction of sp³-hybridized carbons (Fsp3) is 0.0952. The molecule has 27 heavy (non-hydrogen) atoms. The summed E-state index contributed by atoms with van der Waals surface area (Å²) in [6, 6.07) is 17.0. The van der Waals surface area contributed by atoms with Gasteiger partial charge in [0.15, 0.2) is 0 Å². The number of hydrazone groups is 1. The van der Waals surface area contributed by atoms with E-state index in [1.165, 1.54) is 22.6 Å².